The van der Waals surface area contributed by atoms with Crippen LogP contribution in [0.3, 0.4) is 0 Å². The third-order valence-corrected chi connectivity index (χ3v) is 14.4. The molecule has 0 aliphatic heterocycles. The molecule has 0 aliphatic rings. The van der Waals surface area contributed by atoms with Crippen LogP contribution in [0.15, 0.2) is 85.1 Å². The molecule has 0 heterocycles. The molecule has 0 aliphatic carbocycles. The molecule has 0 spiro atoms. The van der Waals surface area contributed by atoms with E-state index in [2.05, 4.69) is 106 Å². The molecule has 0 bridgehead atoms. The minimum Gasteiger partial charge on any atom is -0.462 e. The van der Waals surface area contributed by atoms with Gasteiger partial charge in [0, 0.05) is 19.3 Å². The normalized spacial score (nSPS) is 12.6. The molecule has 0 aromatic rings. The first kappa shape index (κ1) is 73.6. The second kappa shape index (κ2) is 65.1. The molecule has 0 saturated carbocycles. The summed E-state index contributed by atoms with van der Waals surface area (Å²) in [5.41, 5.74) is 0. The van der Waals surface area contributed by atoms with Crippen LogP contribution in [-0.2, 0) is 28.6 Å². The molecule has 77 heavy (non-hydrogen) atoms. The lowest BCUT2D eigenvalue weighted by Crippen LogP contribution is -2.30. The van der Waals surface area contributed by atoms with E-state index < -0.39 is 6.10 Å². The summed E-state index contributed by atoms with van der Waals surface area (Å²) in [5.74, 6) is -0.890. The molecule has 0 rings (SSSR count). The minimum atomic E-state index is -0.786. The van der Waals surface area contributed by atoms with Crippen LogP contribution in [0, 0.1) is 0 Å². The fourth-order valence-corrected chi connectivity index (χ4v) is 9.44. The Hall–Kier alpha value is -3.41. The first-order valence-corrected chi connectivity index (χ1v) is 33.1. The van der Waals surface area contributed by atoms with Crippen molar-refractivity contribution in [2.75, 3.05) is 13.2 Å². The summed E-state index contributed by atoms with van der Waals surface area (Å²) in [4.78, 5) is 38.3. The van der Waals surface area contributed by atoms with E-state index in [4.69, 9.17) is 14.2 Å². The van der Waals surface area contributed by atoms with Crippen LogP contribution in [0.2, 0.25) is 0 Å². The maximum Gasteiger partial charge on any atom is 0.306 e. The summed E-state index contributed by atoms with van der Waals surface area (Å²) in [6, 6.07) is 0. The van der Waals surface area contributed by atoms with Crippen molar-refractivity contribution in [1.82, 2.24) is 0 Å². The van der Waals surface area contributed by atoms with E-state index in [-0.39, 0.29) is 31.1 Å². The SMILES string of the molecule is CC/C=C\C/C=C\C/C=C\C/C=C\C/C=C\C/C=C\CCCCCCCCC(=O)OCC(COC(=O)CCCCCCC/C=C\CCCCCC)OC(=O)CCCCCCCCCCCCCCCCCCCCCCC. The highest BCUT2D eigenvalue weighted by Crippen LogP contribution is 2.17. The van der Waals surface area contributed by atoms with Crippen molar-refractivity contribution in [2.45, 2.75) is 335 Å². The van der Waals surface area contributed by atoms with Crippen molar-refractivity contribution in [3.05, 3.63) is 85.1 Å². The van der Waals surface area contributed by atoms with E-state index >= 15 is 0 Å². The maximum atomic E-state index is 12.9. The van der Waals surface area contributed by atoms with Gasteiger partial charge >= 0.3 is 17.9 Å². The zero-order chi connectivity index (χ0) is 55.7. The Morgan fingerprint density at radius 2 is 0.506 bits per heavy atom. The summed E-state index contributed by atoms with van der Waals surface area (Å²) >= 11 is 0. The van der Waals surface area contributed by atoms with Crippen LogP contribution < -0.4 is 0 Å². The van der Waals surface area contributed by atoms with Gasteiger partial charge in [-0.3, -0.25) is 14.4 Å². The van der Waals surface area contributed by atoms with Gasteiger partial charge < -0.3 is 14.2 Å². The average molecular weight is 1070 g/mol. The monoisotopic (exact) mass is 1070 g/mol. The van der Waals surface area contributed by atoms with E-state index in [0.29, 0.717) is 19.3 Å². The van der Waals surface area contributed by atoms with Gasteiger partial charge in [-0.05, 0) is 96.3 Å². The zero-order valence-electron chi connectivity index (χ0n) is 51.0. The van der Waals surface area contributed by atoms with Gasteiger partial charge in [-0.25, -0.2) is 0 Å². The van der Waals surface area contributed by atoms with Crippen LogP contribution >= 0.6 is 0 Å². The first-order chi connectivity index (χ1) is 38.0. The number of carbonyl (C=O) groups is 3. The fraction of sp³-hybridized carbons (Fsp3) is 0.761. The van der Waals surface area contributed by atoms with E-state index in [9.17, 15) is 14.4 Å². The van der Waals surface area contributed by atoms with Gasteiger partial charge in [-0.15, -0.1) is 0 Å². The van der Waals surface area contributed by atoms with Crippen LogP contribution in [0.1, 0.15) is 329 Å². The number of unbranched alkanes of at least 4 members (excludes halogenated alkanes) is 35. The molecule has 0 aromatic heterocycles. The van der Waals surface area contributed by atoms with Crippen LogP contribution in [0.5, 0.6) is 0 Å². The highest BCUT2D eigenvalue weighted by atomic mass is 16.6. The lowest BCUT2D eigenvalue weighted by molar-refractivity contribution is -0.167. The van der Waals surface area contributed by atoms with Crippen molar-refractivity contribution < 1.29 is 28.6 Å². The Balaban J connectivity index is 4.34. The number of carbonyl (C=O) groups excluding carboxylic acids is 3. The number of allylic oxidation sites excluding steroid dienone is 14. The molecule has 1 atom stereocenters. The average Bonchev–Trinajstić information content (AvgIpc) is 3.43. The van der Waals surface area contributed by atoms with Gasteiger partial charge in [-0.1, -0.05) is 298 Å². The molecule has 1 unspecified atom stereocenters. The highest BCUT2D eigenvalue weighted by Gasteiger charge is 2.19. The number of hydrogen-bond acceptors (Lipinski definition) is 6. The lowest BCUT2D eigenvalue weighted by Gasteiger charge is -2.18. The van der Waals surface area contributed by atoms with Gasteiger partial charge in [0.15, 0.2) is 6.10 Å². The third kappa shape index (κ3) is 63.3. The number of ether oxygens (including phenoxy) is 3. The standard InChI is InChI=1S/C71H124O6/c1-4-7-10-13-16-19-22-25-27-29-31-33-34-35-36-38-39-41-43-46-49-52-55-58-61-64-70(73)76-67-68(66-75-69(72)63-60-57-54-51-48-45-24-21-18-15-12-9-6-3)77-71(74)65-62-59-56-53-50-47-44-42-40-37-32-30-28-26-23-20-17-14-11-8-5-2/h7,10,16,19,21,24-25,27,31,33,35-36,39,41,68H,4-6,8-9,11-15,17-18,20,22-23,26,28-30,32,34,37-38,40,42-67H2,1-3H3/b10-7-,19-16-,24-21-,27-25-,33-31-,36-35-,41-39-. The van der Waals surface area contributed by atoms with Crippen molar-refractivity contribution in [1.29, 1.82) is 0 Å². The molecule has 0 saturated heterocycles. The number of rotatable bonds is 60. The topological polar surface area (TPSA) is 78.9 Å². The van der Waals surface area contributed by atoms with Crippen molar-refractivity contribution >= 4 is 17.9 Å². The van der Waals surface area contributed by atoms with Crippen LogP contribution in [0.4, 0.5) is 0 Å². The summed E-state index contributed by atoms with van der Waals surface area (Å²) in [7, 11) is 0. The Morgan fingerprint density at radius 3 is 0.818 bits per heavy atom. The minimum absolute atomic E-state index is 0.0828. The molecular formula is C71H124O6. The molecule has 6 heteroatoms. The van der Waals surface area contributed by atoms with E-state index in [1.807, 2.05) is 0 Å². The molecule has 0 radical (unpaired) electrons. The molecule has 0 N–H and O–H groups in total. The highest BCUT2D eigenvalue weighted by molar-refractivity contribution is 5.71. The van der Waals surface area contributed by atoms with Gasteiger partial charge in [0.25, 0.3) is 0 Å². The Kier molecular flexibility index (Phi) is 62.2. The van der Waals surface area contributed by atoms with Gasteiger partial charge in [0.2, 0.25) is 0 Å². The van der Waals surface area contributed by atoms with Gasteiger partial charge in [0.1, 0.15) is 13.2 Å². The maximum absolute atomic E-state index is 12.9. The largest absolute Gasteiger partial charge is 0.462 e. The van der Waals surface area contributed by atoms with E-state index in [1.54, 1.807) is 0 Å². The second-order valence-electron chi connectivity index (χ2n) is 22.0. The van der Waals surface area contributed by atoms with E-state index in [1.165, 1.54) is 173 Å². The second-order valence-corrected chi connectivity index (χ2v) is 22.0. The Labute approximate surface area is 477 Å². The van der Waals surface area contributed by atoms with Crippen LogP contribution in [-0.4, -0.2) is 37.2 Å². The molecule has 444 valence electrons. The van der Waals surface area contributed by atoms with E-state index in [0.717, 1.165) is 116 Å². The van der Waals surface area contributed by atoms with Gasteiger partial charge in [-0.2, -0.15) is 0 Å². The summed E-state index contributed by atoms with van der Waals surface area (Å²) in [6.45, 7) is 6.53. The smallest absolute Gasteiger partial charge is 0.306 e. The zero-order valence-corrected chi connectivity index (χ0v) is 51.0. The summed E-state index contributed by atoms with van der Waals surface area (Å²) in [5, 5.41) is 0. The molecule has 0 fully saturated rings. The molecular weight excluding hydrogens is 949 g/mol. The third-order valence-electron chi connectivity index (χ3n) is 14.4. The number of esters is 3. The Morgan fingerprint density at radius 1 is 0.273 bits per heavy atom. The molecule has 6 nitrogen and oxygen atoms in total. The predicted molar refractivity (Wildman–Crippen MR) is 334 cm³/mol. The predicted octanol–water partition coefficient (Wildman–Crippen LogP) is 22.7. The van der Waals surface area contributed by atoms with Gasteiger partial charge in [0.05, 0.1) is 0 Å². The van der Waals surface area contributed by atoms with Crippen LogP contribution in [0.25, 0.3) is 0 Å². The number of hydrogen-bond donors (Lipinski definition) is 0. The summed E-state index contributed by atoms with van der Waals surface area (Å²) in [6.07, 6.45) is 85.9. The van der Waals surface area contributed by atoms with Crippen molar-refractivity contribution in [3.8, 4) is 0 Å². The van der Waals surface area contributed by atoms with Crippen molar-refractivity contribution in [2.24, 2.45) is 0 Å². The summed E-state index contributed by atoms with van der Waals surface area (Å²) < 4.78 is 16.9. The Bertz CT molecular complexity index is 1470. The molecule has 0 amide bonds. The quantitative estimate of drug-likeness (QED) is 0.0261. The first-order valence-electron chi connectivity index (χ1n) is 33.1. The fourth-order valence-electron chi connectivity index (χ4n) is 9.44. The molecule has 0 aromatic carbocycles. The lowest BCUT2D eigenvalue weighted by atomic mass is 10.0. The van der Waals surface area contributed by atoms with Crippen molar-refractivity contribution in [3.63, 3.8) is 0 Å².